The van der Waals surface area contributed by atoms with Gasteiger partial charge in [-0.25, -0.2) is 9.59 Å². The smallest absolute Gasteiger partial charge is 0.411 e. The van der Waals surface area contributed by atoms with Gasteiger partial charge in [0.1, 0.15) is 11.1 Å². The lowest BCUT2D eigenvalue weighted by atomic mass is 9.61. The van der Waals surface area contributed by atoms with Crippen molar-refractivity contribution in [2.45, 2.75) is 88.6 Å². The summed E-state index contributed by atoms with van der Waals surface area (Å²) in [4.78, 5) is 88.8. The Morgan fingerprint density at radius 2 is 1.04 bits per heavy atom. The lowest BCUT2D eigenvalue weighted by Crippen LogP contribution is -2.74. The molecule has 3 aromatic rings. The third-order valence-corrected chi connectivity index (χ3v) is 13.4. The van der Waals surface area contributed by atoms with Crippen LogP contribution in [0, 0.1) is 10.8 Å². The highest BCUT2D eigenvalue weighted by atomic mass is 16.4. The van der Waals surface area contributed by atoms with E-state index in [1.165, 1.54) is 0 Å². The van der Waals surface area contributed by atoms with Gasteiger partial charge >= 0.3 is 12.2 Å². The van der Waals surface area contributed by atoms with E-state index in [4.69, 9.17) is 11.5 Å². The molecule has 300 valence electrons. The van der Waals surface area contributed by atoms with E-state index in [-0.39, 0.29) is 38.8 Å². The lowest BCUT2D eigenvalue weighted by Gasteiger charge is -2.58. The molecule has 4 unspecified atom stereocenters. The number of carbonyl (C=O) groups excluding carboxylic acids is 4. The molecule has 4 aliphatic carbocycles. The van der Waals surface area contributed by atoms with Crippen LogP contribution in [0.3, 0.4) is 0 Å². The molecule has 0 radical (unpaired) electrons. The Labute approximate surface area is 330 Å². The Morgan fingerprint density at radius 3 is 1.37 bits per heavy atom. The summed E-state index contributed by atoms with van der Waals surface area (Å²) < 4.78 is 0. The van der Waals surface area contributed by atoms with Gasteiger partial charge in [-0.1, -0.05) is 80.6 Å². The number of hydrogen-bond donors (Lipinski definition) is 6. The van der Waals surface area contributed by atoms with Crippen molar-refractivity contribution in [3.63, 3.8) is 0 Å². The van der Waals surface area contributed by atoms with Crippen LogP contribution in [0.5, 0.6) is 0 Å². The van der Waals surface area contributed by atoms with Gasteiger partial charge in [-0.3, -0.25) is 39.6 Å². The molecular formula is C42H49N7O8. The molecule has 3 aromatic carbocycles. The number of nitrogens with one attached hydrogen (secondary N) is 2. The Kier molecular flexibility index (Phi) is 10.1. The van der Waals surface area contributed by atoms with Crippen molar-refractivity contribution in [3.8, 4) is 0 Å². The molecule has 2 heterocycles. The van der Waals surface area contributed by atoms with Crippen molar-refractivity contribution < 1.29 is 39.0 Å². The lowest BCUT2D eigenvalue weighted by molar-refractivity contribution is -0.162. The molecule has 0 saturated carbocycles. The quantitative estimate of drug-likeness (QED) is 0.165. The minimum Gasteiger partial charge on any atom is -0.465 e. The molecule has 0 aromatic heterocycles. The number of likely N-dealkylation sites (tertiary alicyclic amines) is 2. The Bertz CT molecular complexity index is 1970. The second-order valence-corrected chi connectivity index (χ2v) is 15.7. The fourth-order valence-electron chi connectivity index (χ4n) is 11.1. The summed E-state index contributed by atoms with van der Waals surface area (Å²) in [6.07, 6.45) is -2.34. The van der Waals surface area contributed by atoms with E-state index in [1.54, 1.807) is 38.1 Å². The highest BCUT2D eigenvalue weighted by molar-refractivity contribution is 6.04. The van der Waals surface area contributed by atoms with Crippen molar-refractivity contribution in [1.82, 2.24) is 20.4 Å². The highest BCUT2D eigenvalue weighted by Crippen LogP contribution is 2.57. The summed E-state index contributed by atoms with van der Waals surface area (Å²) in [5.74, 6) is -3.34. The van der Waals surface area contributed by atoms with Gasteiger partial charge in [-0.05, 0) is 85.8 Å². The standard InChI is InChI=1S/C42H49N7O8/c1-3-39(33(43)50)24-26-14-18-28(19-15-26)41(39,35(52)45-37(54)55)47-22-8-12-31(47)49(30-10-6-5-7-11-30)32-13-9-23-48(32)42(36(53)46-38(56)57)29-20-16-27(17-21-29)25-40(42,4-2)34(44)51/h5-7,10-11,14-21,31-32H,3-4,8-9,12-13,22-25H2,1-2H3,(H2,43,50)(H2,44,51)(H,45,52)(H,46,53)(H,54,55)(H,56,57)/t31?,32?,39?,40?,41-,42-/m1/s1. The average Bonchev–Trinajstić information content (AvgIpc) is 3.73. The Morgan fingerprint density at radius 1 is 0.649 bits per heavy atom. The highest BCUT2D eigenvalue weighted by Gasteiger charge is 2.69. The number of nitrogens with zero attached hydrogens (tertiary/aromatic N) is 3. The molecule has 6 aliphatic rings. The van der Waals surface area contributed by atoms with Crippen LogP contribution >= 0.6 is 0 Å². The third kappa shape index (κ3) is 5.61. The minimum absolute atomic E-state index is 0.0679. The number of nitrogens with two attached hydrogens (primary N) is 2. The molecule has 57 heavy (non-hydrogen) atoms. The summed E-state index contributed by atoms with van der Waals surface area (Å²) in [5.41, 5.74) is 8.71. The first kappa shape index (κ1) is 39.4. The number of imide groups is 2. The monoisotopic (exact) mass is 779 g/mol. The number of carbonyl (C=O) groups is 6. The van der Waals surface area contributed by atoms with E-state index >= 15 is 0 Å². The summed E-state index contributed by atoms with van der Waals surface area (Å²) in [7, 11) is 0. The minimum atomic E-state index is -1.93. The number of para-hydroxylation sites is 1. The average molecular weight is 780 g/mol. The van der Waals surface area contributed by atoms with E-state index < -0.39 is 70.1 Å². The molecule has 2 fully saturated rings. The predicted octanol–water partition coefficient (Wildman–Crippen LogP) is 3.59. The van der Waals surface area contributed by atoms with E-state index in [2.05, 4.69) is 15.5 Å². The molecule has 6 amide bonds. The first-order valence-corrected chi connectivity index (χ1v) is 19.5. The molecule has 9 rings (SSSR count). The van der Waals surface area contributed by atoms with Crippen LogP contribution in [-0.4, -0.2) is 81.2 Å². The maximum atomic E-state index is 15.0. The van der Waals surface area contributed by atoms with Crippen molar-refractivity contribution >= 4 is 41.5 Å². The van der Waals surface area contributed by atoms with E-state index in [0.717, 1.165) is 11.1 Å². The number of fused-ring (bicyclic) bond motifs is 8. The summed E-state index contributed by atoms with van der Waals surface area (Å²) >= 11 is 0. The van der Waals surface area contributed by atoms with Crippen LogP contribution in [0.4, 0.5) is 15.3 Å². The molecule has 4 bridgehead atoms. The zero-order valence-corrected chi connectivity index (χ0v) is 32.1. The summed E-state index contributed by atoms with van der Waals surface area (Å²) in [6, 6.07) is 23.7. The topological polar surface area (TPSA) is 229 Å². The predicted molar refractivity (Wildman–Crippen MR) is 208 cm³/mol. The van der Waals surface area contributed by atoms with Crippen LogP contribution in [0.1, 0.15) is 74.6 Å². The van der Waals surface area contributed by atoms with E-state index in [0.29, 0.717) is 42.5 Å². The van der Waals surface area contributed by atoms with Crippen LogP contribution in [0.25, 0.3) is 0 Å². The third-order valence-electron chi connectivity index (χ3n) is 13.4. The van der Waals surface area contributed by atoms with Gasteiger partial charge in [0, 0.05) is 18.8 Å². The van der Waals surface area contributed by atoms with E-state index in [9.17, 15) is 39.0 Å². The van der Waals surface area contributed by atoms with Crippen LogP contribution in [0.15, 0.2) is 78.9 Å². The number of hydrogen-bond acceptors (Lipinski definition) is 9. The number of amides is 6. The molecule has 8 N–H and O–H groups in total. The van der Waals surface area contributed by atoms with Crippen molar-refractivity contribution in [3.05, 3.63) is 101 Å². The van der Waals surface area contributed by atoms with Crippen molar-refractivity contribution in [2.24, 2.45) is 22.3 Å². The number of anilines is 1. The van der Waals surface area contributed by atoms with Gasteiger partial charge in [-0.15, -0.1) is 0 Å². The van der Waals surface area contributed by atoms with Gasteiger partial charge < -0.3 is 26.6 Å². The van der Waals surface area contributed by atoms with Gasteiger partial charge in [0.2, 0.25) is 11.8 Å². The van der Waals surface area contributed by atoms with Crippen LogP contribution < -0.4 is 27.0 Å². The first-order chi connectivity index (χ1) is 27.2. The molecule has 0 spiro atoms. The van der Waals surface area contributed by atoms with Crippen molar-refractivity contribution in [2.75, 3.05) is 18.0 Å². The molecule has 15 nitrogen and oxygen atoms in total. The Balaban J connectivity index is 1.50. The Hall–Kier alpha value is -5.80. The van der Waals surface area contributed by atoms with Gasteiger partial charge in [0.05, 0.1) is 23.2 Å². The number of carboxylic acid groups (broad SMARTS) is 2. The maximum absolute atomic E-state index is 15.0. The van der Waals surface area contributed by atoms with Crippen LogP contribution in [-0.2, 0) is 43.1 Å². The SMILES string of the molecule is CCC1(C(N)=O)Cc2ccc(cc2)[C@]1(C(=O)NC(=O)O)N1CCCC1N(c1ccccc1)C1CCCN1[C@@]1(C(=O)NC(=O)O)c2ccc(cc2)CC1(CC)C(N)=O. The maximum Gasteiger partial charge on any atom is 0.411 e. The molecular weight excluding hydrogens is 731 g/mol. The van der Waals surface area contributed by atoms with Gasteiger partial charge in [0.15, 0.2) is 0 Å². The number of benzene rings is 3. The summed E-state index contributed by atoms with van der Waals surface area (Å²) in [6.45, 7) is 4.06. The fourth-order valence-corrected chi connectivity index (χ4v) is 11.1. The van der Waals surface area contributed by atoms with Gasteiger partial charge in [-0.2, -0.15) is 0 Å². The zero-order chi connectivity index (χ0) is 40.9. The number of primary amides is 2. The second-order valence-electron chi connectivity index (χ2n) is 15.7. The normalized spacial score (nSPS) is 29.3. The molecule has 2 aliphatic heterocycles. The fraction of sp³-hybridized carbons (Fsp3) is 0.429. The van der Waals surface area contributed by atoms with Crippen molar-refractivity contribution in [1.29, 1.82) is 0 Å². The second kappa shape index (κ2) is 14.6. The molecule has 2 saturated heterocycles. The molecule has 15 heteroatoms. The first-order valence-electron chi connectivity index (χ1n) is 19.5. The van der Waals surface area contributed by atoms with Crippen LogP contribution in [0.2, 0.25) is 0 Å². The zero-order valence-electron chi connectivity index (χ0n) is 32.1. The molecule has 6 atom stereocenters. The largest absolute Gasteiger partial charge is 0.465 e. The van der Waals surface area contributed by atoms with Gasteiger partial charge in [0.25, 0.3) is 11.8 Å². The summed E-state index contributed by atoms with van der Waals surface area (Å²) in [5, 5.41) is 24.4. The number of rotatable bonds is 11. The van der Waals surface area contributed by atoms with E-state index in [1.807, 2.05) is 64.4 Å².